The van der Waals surface area contributed by atoms with Crippen molar-refractivity contribution < 1.29 is 4.79 Å². The van der Waals surface area contributed by atoms with Crippen LogP contribution in [0.3, 0.4) is 0 Å². The van der Waals surface area contributed by atoms with E-state index in [0.717, 1.165) is 26.4 Å². The summed E-state index contributed by atoms with van der Waals surface area (Å²) >= 11 is 9.10. The zero-order valence-corrected chi connectivity index (χ0v) is 16.4. The maximum atomic E-state index is 11.8. The number of thioether (sulfide) groups is 1. The maximum Gasteiger partial charge on any atom is 0.315 e. The predicted octanol–water partition coefficient (Wildman–Crippen LogP) is 4.69. The van der Waals surface area contributed by atoms with Crippen LogP contribution >= 0.6 is 34.7 Å². The topological polar surface area (TPSA) is 54.0 Å². The van der Waals surface area contributed by atoms with Crippen molar-refractivity contribution in [1.82, 2.24) is 15.6 Å². The van der Waals surface area contributed by atoms with E-state index in [1.807, 2.05) is 24.3 Å². The summed E-state index contributed by atoms with van der Waals surface area (Å²) in [4.78, 5) is 17.5. The van der Waals surface area contributed by atoms with Crippen molar-refractivity contribution >= 4 is 40.7 Å². The molecule has 0 radical (unpaired) electrons. The number of hydrogen-bond acceptors (Lipinski definition) is 4. The lowest BCUT2D eigenvalue weighted by Crippen LogP contribution is -2.36. The summed E-state index contributed by atoms with van der Waals surface area (Å²) < 4.78 is 0. The van der Waals surface area contributed by atoms with Gasteiger partial charge in [-0.1, -0.05) is 32.4 Å². The van der Waals surface area contributed by atoms with E-state index in [1.54, 1.807) is 23.1 Å². The second-order valence-electron chi connectivity index (χ2n) is 6.29. The van der Waals surface area contributed by atoms with Crippen LogP contribution in [0, 0.1) is 0 Å². The lowest BCUT2D eigenvalue weighted by Gasteiger charge is -2.14. The largest absolute Gasteiger partial charge is 0.337 e. The third kappa shape index (κ3) is 6.34. The number of thiazole rings is 1. The Labute approximate surface area is 156 Å². The number of aromatic nitrogens is 1. The molecule has 0 spiro atoms. The number of carbonyl (C=O) groups excluding carboxylic acids is 1. The van der Waals surface area contributed by atoms with Crippen molar-refractivity contribution in [3.63, 3.8) is 0 Å². The fourth-order valence-corrected chi connectivity index (χ4v) is 3.67. The molecule has 2 rings (SSSR count). The van der Waals surface area contributed by atoms with E-state index in [4.69, 9.17) is 11.6 Å². The monoisotopic (exact) mass is 383 g/mol. The van der Waals surface area contributed by atoms with E-state index in [0.29, 0.717) is 13.1 Å². The number of benzene rings is 1. The number of nitrogens with zero attached hydrogens (tertiary/aromatic N) is 1. The van der Waals surface area contributed by atoms with Gasteiger partial charge in [0.05, 0.1) is 12.2 Å². The highest BCUT2D eigenvalue weighted by Crippen LogP contribution is 2.23. The van der Waals surface area contributed by atoms with Gasteiger partial charge in [-0.25, -0.2) is 9.78 Å². The van der Waals surface area contributed by atoms with Crippen molar-refractivity contribution in [2.45, 2.75) is 37.6 Å². The molecule has 1 aromatic heterocycles. The van der Waals surface area contributed by atoms with Crippen LogP contribution in [0.15, 0.2) is 34.5 Å². The van der Waals surface area contributed by atoms with E-state index >= 15 is 0 Å². The first-order valence-electron chi connectivity index (χ1n) is 7.69. The Bertz CT molecular complexity index is 665. The molecule has 4 nitrogen and oxygen atoms in total. The molecule has 0 atom stereocenters. The van der Waals surface area contributed by atoms with Gasteiger partial charge in [0.25, 0.3) is 0 Å². The SMILES string of the molecule is CC(C)(C)c1csc(CNC(=O)NCCSc2ccc(Cl)cc2)n1. The Morgan fingerprint density at radius 3 is 2.58 bits per heavy atom. The minimum atomic E-state index is -0.167. The molecule has 0 saturated heterocycles. The summed E-state index contributed by atoms with van der Waals surface area (Å²) in [7, 11) is 0. The van der Waals surface area contributed by atoms with Gasteiger partial charge in [-0.15, -0.1) is 23.1 Å². The summed E-state index contributed by atoms with van der Waals surface area (Å²) in [5, 5.41) is 9.40. The number of carbonyl (C=O) groups is 1. The van der Waals surface area contributed by atoms with Crippen LogP contribution < -0.4 is 10.6 Å². The van der Waals surface area contributed by atoms with Crippen molar-refractivity contribution in [1.29, 1.82) is 0 Å². The highest BCUT2D eigenvalue weighted by Gasteiger charge is 2.17. The van der Waals surface area contributed by atoms with Gasteiger partial charge in [-0.3, -0.25) is 0 Å². The lowest BCUT2D eigenvalue weighted by atomic mass is 9.93. The zero-order valence-electron chi connectivity index (χ0n) is 14.1. The Morgan fingerprint density at radius 2 is 1.96 bits per heavy atom. The first-order chi connectivity index (χ1) is 11.3. The number of amides is 2. The van der Waals surface area contributed by atoms with Crippen molar-refractivity contribution in [3.8, 4) is 0 Å². The molecule has 0 aliphatic carbocycles. The summed E-state index contributed by atoms with van der Waals surface area (Å²) in [5.74, 6) is 0.806. The lowest BCUT2D eigenvalue weighted by molar-refractivity contribution is 0.241. The minimum Gasteiger partial charge on any atom is -0.337 e. The van der Waals surface area contributed by atoms with E-state index in [1.165, 1.54) is 0 Å². The Hall–Kier alpha value is -1.24. The van der Waals surface area contributed by atoms with Gasteiger partial charge in [-0.05, 0) is 24.3 Å². The minimum absolute atomic E-state index is 0.0376. The zero-order chi connectivity index (χ0) is 17.6. The van der Waals surface area contributed by atoms with Gasteiger partial charge in [0, 0.05) is 33.0 Å². The summed E-state index contributed by atoms with van der Waals surface area (Å²) in [6, 6.07) is 7.51. The van der Waals surface area contributed by atoms with Crippen LogP contribution in [0.5, 0.6) is 0 Å². The van der Waals surface area contributed by atoms with Crippen molar-refractivity contribution in [2.75, 3.05) is 12.3 Å². The van der Waals surface area contributed by atoms with Gasteiger partial charge in [0.2, 0.25) is 0 Å². The molecule has 0 unspecified atom stereocenters. The predicted molar refractivity (Wildman–Crippen MR) is 103 cm³/mol. The Balaban J connectivity index is 1.64. The van der Waals surface area contributed by atoms with Crippen molar-refractivity contribution in [2.24, 2.45) is 0 Å². The van der Waals surface area contributed by atoms with Crippen LogP contribution in [0.1, 0.15) is 31.5 Å². The molecule has 0 aliphatic heterocycles. The molecule has 130 valence electrons. The Kier molecular flexibility index (Phi) is 6.95. The maximum absolute atomic E-state index is 11.8. The van der Waals surface area contributed by atoms with Gasteiger partial charge >= 0.3 is 6.03 Å². The fraction of sp³-hybridized carbons (Fsp3) is 0.412. The van der Waals surface area contributed by atoms with Gasteiger partial charge in [0.1, 0.15) is 5.01 Å². The van der Waals surface area contributed by atoms with Gasteiger partial charge < -0.3 is 10.6 Å². The third-order valence-electron chi connectivity index (χ3n) is 3.19. The third-order valence-corrected chi connectivity index (χ3v) is 5.30. The van der Waals surface area contributed by atoms with Crippen molar-refractivity contribution in [3.05, 3.63) is 45.4 Å². The van der Waals surface area contributed by atoms with Crippen LogP contribution in [0.4, 0.5) is 4.79 Å². The first-order valence-corrected chi connectivity index (χ1v) is 9.94. The molecule has 0 aliphatic rings. The quantitative estimate of drug-likeness (QED) is 0.562. The molecular formula is C17H22ClN3OS2. The van der Waals surface area contributed by atoms with Crippen LogP contribution in [-0.2, 0) is 12.0 Å². The highest BCUT2D eigenvalue weighted by atomic mass is 35.5. The van der Waals surface area contributed by atoms with Gasteiger partial charge in [0.15, 0.2) is 0 Å². The number of rotatable bonds is 6. The Morgan fingerprint density at radius 1 is 1.25 bits per heavy atom. The van der Waals surface area contributed by atoms with Crippen LogP contribution in [0.2, 0.25) is 5.02 Å². The number of urea groups is 1. The van der Waals surface area contributed by atoms with Gasteiger partial charge in [-0.2, -0.15) is 0 Å². The molecule has 0 bridgehead atoms. The second-order valence-corrected chi connectivity index (χ2v) is 8.84. The summed E-state index contributed by atoms with van der Waals surface area (Å²) in [5.41, 5.74) is 1.10. The summed E-state index contributed by atoms with van der Waals surface area (Å²) in [6.45, 7) is 7.44. The van der Waals surface area contributed by atoms with Crippen LogP contribution in [0.25, 0.3) is 0 Å². The number of halogens is 1. The van der Waals surface area contributed by atoms with E-state index in [9.17, 15) is 4.79 Å². The molecule has 7 heteroatoms. The average molecular weight is 384 g/mol. The number of hydrogen-bond donors (Lipinski definition) is 2. The highest BCUT2D eigenvalue weighted by molar-refractivity contribution is 7.99. The smallest absolute Gasteiger partial charge is 0.315 e. The van der Waals surface area contributed by atoms with E-state index in [-0.39, 0.29) is 11.4 Å². The molecule has 0 fully saturated rings. The molecule has 0 saturated carbocycles. The molecule has 24 heavy (non-hydrogen) atoms. The molecule has 2 amide bonds. The standard InChI is InChI=1S/C17H22ClN3OS2/c1-17(2,3)14-11-24-15(21-14)10-20-16(22)19-8-9-23-13-6-4-12(18)5-7-13/h4-7,11H,8-10H2,1-3H3,(H2,19,20,22). The first kappa shape index (κ1) is 19.1. The van der Waals surface area contributed by atoms with E-state index < -0.39 is 0 Å². The van der Waals surface area contributed by atoms with E-state index in [2.05, 4.69) is 41.8 Å². The molecule has 1 aromatic carbocycles. The molecular weight excluding hydrogens is 362 g/mol. The summed E-state index contributed by atoms with van der Waals surface area (Å²) in [6.07, 6.45) is 0. The van der Waals surface area contributed by atoms with Crippen LogP contribution in [-0.4, -0.2) is 23.3 Å². The normalized spacial score (nSPS) is 11.3. The number of nitrogens with one attached hydrogen (secondary N) is 2. The molecule has 1 heterocycles. The average Bonchev–Trinajstić information content (AvgIpc) is 3.00. The fourth-order valence-electron chi connectivity index (χ4n) is 1.82. The molecule has 2 N–H and O–H groups in total. The second kappa shape index (κ2) is 8.74. The molecule has 2 aromatic rings.